The highest BCUT2D eigenvalue weighted by Gasteiger charge is 2.15. The molecule has 0 saturated heterocycles. The first-order valence-electron chi connectivity index (χ1n) is 5.40. The maximum atomic E-state index is 13.4. The van der Waals surface area contributed by atoms with Gasteiger partial charge in [-0.05, 0) is 35.9 Å². The summed E-state index contributed by atoms with van der Waals surface area (Å²) in [6, 6.07) is 7.58. The summed E-state index contributed by atoms with van der Waals surface area (Å²) in [4.78, 5) is 12.0. The molecule has 2 aromatic rings. The highest BCUT2D eigenvalue weighted by molar-refractivity contribution is 6.43. The number of hydrogen-bond donors (Lipinski definition) is 0. The Hall–Kier alpha value is -1.45. The van der Waals surface area contributed by atoms with E-state index in [-0.39, 0.29) is 27.6 Å². The molecule has 98 valence electrons. The maximum absolute atomic E-state index is 13.4. The van der Waals surface area contributed by atoms with Crippen LogP contribution in [0.1, 0.15) is 15.9 Å². The Kier molecular flexibility index (Phi) is 4.17. The topological polar surface area (TPSA) is 17.1 Å². The number of carbonyl (C=O) groups is 1. The van der Waals surface area contributed by atoms with E-state index >= 15 is 0 Å². The molecule has 0 aliphatic heterocycles. The molecule has 0 aliphatic rings. The SMILES string of the molecule is O=C(Cc1cc(F)ccc1F)c1cccc(Cl)c1Cl. The predicted molar refractivity (Wildman–Crippen MR) is 70.9 cm³/mol. The Labute approximate surface area is 118 Å². The van der Waals surface area contributed by atoms with E-state index in [1.54, 1.807) is 12.1 Å². The zero-order valence-corrected chi connectivity index (χ0v) is 11.1. The van der Waals surface area contributed by atoms with Crippen molar-refractivity contribution in [1.82, 2.24) is 0 Å². The fourth-order valence-electron chi connectivity index (χ4n) is 1.67. The molecule has 2 aromatic carbocycles. The van der Waals surface area contributed by atoms with Crippen molar-refractivity contribution >= 4 is 29.0 Å². The van der Waals surface area contributed by atoms with Crippen molar-refractivity contribution < 1.29 is 13.6 Å². The molecular weight excluding hydrogens is 293 g/mol. The molecule has 0 bridgehead atoms. The Morgan fingerprint density at radius 3 is 2.58 bits per heavy atom. The lowest BCUT2D eigenvalue weighted by Crippen LogP contribution is -2.06. The Morgan fingerprint density at radius 1 is 1.11 bits per heavy atom. The Balaban J connectivity index is 2.31. The Morgan fingerprint density at radius 2 is 1.84 bits per heavy atom. The quantitative estimate of drug-likeness (QED) is 0.751. The van der Waals surface area contributed by atoms with Gasteiger partial charge in [0.1, 0.15) is 11.6 Å². The standard InChI is InChI=1S/C14H8Cl2F2O/c15-11-3-1-2-10(14(11)16)13(19)7-8-6-9(17)4-5-12(8)18/h1-6H,7H2. The summed E-state index contributed by atoms with van der Waals surface area (Å²) < 4.78 is 26.5. The molecule has 5 heteroatoms. The third-order valence-electron chi connectivity index (χ3n) is 2.61. The molecule has 0 unspecified atom stereocenters. The highest BCUT2D eigenvalue weighted by Crippen LogP contribution is 2.26. The molecule has 0 N–H and O–H groups in total. The molecule has 0 fully saturated rings. The number of ketones is 1. The molecule has 2 rings (SSSR count). The lowest BCUT2D eigenvalue weighted by molar-refractivity contribution is 0.0992. The second-order valence-corrected chi connectivity index (χ2v) is 4.72. The van der Waals surface area contributed by atoms with Crippen LogP contribution in [-0.2, 0) is 6.42 Å². The van der Waals surface area contributed by atoms with Crippen molar-refractivity contribution in [2.75, 3.05) is 0 Å². The molecule has 0 saturated carbocycles. The van der Waals surface area contributed by atoms with Crippen LogP contribution in [0.4, 0.5) is 8.78 Å². The molecule has 19 heavy (non-hydrogen) atoms. The fourth-order valence-corrected chi connectivity index (χ4v) is 2.07. The molecule has 0 atom stereocenters. The summed E-state index contributed by atoms with van der Waals surface area (Å²) in [6.07, 6.45) is -0.274. The fraction of sp³-hybridized carbons (Fsp3) is 0.0714. The minimum absolute atomic E-state index is 0.0129. The predicted octanol–water partition coefficient (Wildman–Crippen LogP) is 4.70. The number of hydrogen-bond acceptors (Lipinski definition) is 1. The van der Waals surface area contributed by atoms with Gasteiger partial charge in [-0.25, -0.2) is 8.78 Å². The summed E-state index contributed by atoms with van der Waals surface area (Å²) in [6.45, 7) is 0. The lowest BCUT2D eigenvalue weighted by Gasteiger charge is -2.06. The van der Waals surface area contributed by atoms with Gasteiger partial charge in [-0.2, -0.15) is 0 Å². The first kappa shape index (κ1) is 14.0. The van der Waals surface area contributed by atoms with Crippen LogP contribution in [0, 0.1) is 11.6 Å². The zero-order chi connectivity index (χ0) is 14.0. The van der Waals surface area contributed by atoms with Gasteiger partial charge in [0, 0.05) is 12.0 Å². The van der Waals surface area contributed by atoms with Gasteiger partial charge in [-0.1, -0.05) is 29.3 Å². The van der Waals surface area contributed by atoms with E-state index in [0.717, 1.165) is 18.2 Å². The number of halogens is 4. The number of Topliss-reactive ketones (excluding diaryl/α,β-unsaturated/α-hetero) is 1. The zero-order valence-electron chi connectivity index (χ0n) is 9.59. The van der Waals surface area contributed by atoms with Crippen molar-refractivity contribution in [2.45, 2.75) is 6.42 Å². The van der Waals surface area contributed by atoms with Gasteiger partial charge in [-0.15, -0.1) is 0 Å². The third kappa shape index (κ3) is 3.11. The van der Waals surface area contributed by atoms with Crippen molar-refractivity contribution in [3.63, 3.8) is 0 Å². The van der Waals surface area contributed by atoms with E-state index in [1.165, 1.54) is 6.07 Å². The van der Waals surface area contributed by atoms with Crippen LogP contribution >= 0.6 is 23.2 Å². The molecule has 0 aromatic heterocycles. The van der Waals surface area contributed by atoms with E-state index in [0.29, 0.717) is 0 Å². The minimum Gasteiger partial charge on any atom is -0.294 e. The van der Waals surface area contributed by atoms with Crippen LogP contribution in [0.25, 0.3) is 0 Å². The second kappa shape index (κ2) is 5.68. The monoisotopic (exact) mass is 300 g/mol. The van der Waals surface area contributed by atoms with Gasteiger partial charge < -0.3 is 0 Å². The Bertz CT molecular complexity index is 641. The minimum atomic E-state index is -0.632. The summed E-state index contributed by atoms with van der Waals surface area (Å²) in [5.74, 6) is -1.65. The maximum Gasteiger partial charge on any atom is 0.168 e. The van der Waals surface area contributed by atoms with E-state index in [4.69, 9.17) is 23.2 Å². The van der Waals surface area contributed by atoms with Crippen molar-refractivity contribution in [1.29, 1.82) is 0 Å². The van der Waals surface area contributed by atoms with Crippen LogP contribution in [0.2, 0.25) is 10.0 Å². The number of carbonyl (C=O) groups excluding carboxylic acids is 1. The largest absolute Gasteiger partial charge is 0.294 e. The van der Waals surface area contributed by atoms with Crippen LogP contribution in [0.3, 0.4) is 0 Å². The van der Waals surface area contributed by atoms with E-state index in [9.17, 15) is 13.6 Å². The van der Waals surface area contributed by atoms with Gasteiger partial charge in [0.15, 0.2) is 5.78 Å². The smallest absolute Gasteiger partial charge is 0.168 e. The molecule has 0 radical (unpaired) electrons. The van der Waals surface area contributed by atoms with Crippen molar-refractivity contribution in [2.24, 2.45) is 0 Å². The number of rotatable bonds is 3. The molecule has 0 heterocycles. The van der Waals surface area contributed by atoms with Crippen molar-refractivity contribution in [3.8, 4) is 0 Å². The first-order chi connectivity index (χ1) is 8.99. The van der Waals surface area contributed by atoms with Gasteiger partial charge >= 0.3 is 0 Å². The summed E-state index contributed by atoms with van der Waals surface area (Å²) in [5.41, 5.74) is 0.180. The number of benzene rings is 2. The van der Waals surface area contributed by atoms with Crippen LogP contribution in [-0.4, -0.2) is 5.78 Å². The van der Waals surface area contributed by atoms with E-state index in [1.807, 2.05) is 0 Å². The van der Waals surface area contributed by atoms with E-state index < -0.39 is 17.4 Å². The van der Waals surface area contributed by atoms with Gasteiger partial charge in [0.2, 0.25) is 0 Å². The van der Waals surface area contributed by atoms with Gasteiger partial charge in [0.25, 0.3) is 0 Å². The average Bonchev–Trinajstić information content (AvgIpc) is 2.37. The third-order valence-corrected chi connectivity index (χ3v) is 3.43. The summed E-state index contributed by atoms with van der Waals surface area (Å²) >= 11 is 11.7. The molecule has 0 spiro atoms. The highest BCUT2D eigenvalue weighted by atomic mass is 35.5. The van der Waals surface area contributed by atoms with Gasteiger partial charge in [-0.3, -0.25) is 4.79 Å². The summed E-state index contributed by atoms with van der Waals surface area (Å²) in [7, 11) is 0. The molecular formula is C14H8Cl2F2O. The van der Waals surface area contributed by atoms with Crippen LogP contribution < -0.4 is 0 Å². The molecule has 1 nitrogen and oxygen atoms in total. The van der Waals surface area contributed by atoms with Crippen LogP contribution in [0.5, 0.6) is 0 Å². The van der Waals surface area contributed by atoms with E-state index in [2.05, 4.69) is 0 Å². The molecule has 0 aliphatic carbocycles. The first-order valence-corrected chi connectivity index (χ1v) is 6.16. The second-order valence-electron chi connectivity index (χ2n) is 3.94. The molecule has 0 amide bonds. The average molecular weight is 301 g/mol. The van der Waals surface area contributed by atoms with Gasteiger partial charge in [0.05, 0.1) is 10.0 Å². The normalized spacial score (nSPS) is 10.5. The van der Waals surface area contributed by atoms with Crippen molar-refractivity contribution in [3.05, 3.63) is 69.2 Å². The lowest BCUT2D eigenvalue weighted by atomic mass is 10.0. The summed E-state index contributed by atoms with van der Waals surface area (Å²) in [5, 5.41) is 0.359. The van der Waals surface area contributed by atoms with Crippen LogP contribution in [0.15, 0.2) is 36.4 Å².